The average Bonchev–Trinajstić information content (AvgIpc) is 2.74. The Morgan fingerprint density at radius 3 is 2.44 bits per heavy atom. The molecule has 1 amide bonds. The highest BCUT2D eigenvalue weighted by Crippen LogP contribution is 2.30. The number of anilines is 2. The zero-order valence-electron chi connectivity index (χ0n) is 19.7. The van der Waals surface area contributed by atoms with Gasteiger partial charge in [0.2, 0.25) is 5.91 Å². The molecule has 182 valence electrons. The van der Waals surface area contributed by atoms with Gasteiger partial charge in [-0.15, -0.1) is 0 Å². The minimum Gasteiger partial charge on any atom is -0.387 e. The van der Waals surface area contributed by atoms with E-state index >= 15 is 4.39 Å². The molecule has 34 heavy (non-hydrogen) atoms. The first kappa shape index (κ1) is 25.0. The summed E-state index contributed by atoms with van der Waals surface area (Å²) in [7, 11) is 0. The Morgan fingerprint density at radius 1 is 1.18 bits per heavy atom. The summed E-state index contributed by atoms with van der Waals surface area (Å²) in [6, 6.07) is 4.54. The lowest BCUT2D eigenvalue weighted by molar-refractivity contribution is -0.115. The van der Waals surface area contributed by atoms with Gasteiger partial charge in [0.25, 0.3) is 0 Å². The van der Waals surface area contributed by atoms with Crippen LogP contribution in [0, 0.1) is 11.6 Å². The Kier molecular flexibility index (Phi) is 7.77. The molecule has 1 saturated heterocycles. The largest absolute Gasteiger partial charge is 0.387 e. The number of benzene rings is 1. The smallest absolute Gasteiger partial charge is 0.224 e. The number of carbonyl (C=O) groups is 1. The number of halogens is 2. The van der Waals surface area contributed by atoms with Crippen molar-refractivity contribution in [3.8, 4) is 0 Å². The maximum absolute atomic E-state index is 15.4. The molecule has 0 radical (unpaired) electrons. The van der Waals surface area contributed by atoms with Gasteiger partial charge in [-0.25, -0.2) is 23.7 Å². The van der Waals surface area contributed by atoms with Crippen molar-refractivity contribution in [2.75, 3.05) is 23.3 Å². The molecule has 0 bridgehead atoms. The first-order valence-corrected chi connectivity index (χ1v) is 11.0. The van der Waals surface area contributed by atoms with Gasteiger partial charge >= 0.3 is 0 Å². The summed E-state index contributed by atoms with van der Waals surface area (Å²) in [4.78, 5) is 26.0. The molecule has 0 aliphatic carbocycles. The number of carbonyl (C=O) groups excluding carboxylic acids is 1. The Labute approximate surface area is 197 Å². The molecule has 2 unspecified atom stereocenters. The molecule has 1 aromatic carbocycles. The van der Waals surface area contributed by atoms with E-state index in [0.717, 1.165) is 6.07 Å². The van der Waals surface area contributed by atoms with Crippen LogP contribution < -0.4 is 27.0 Å². The number of pyridine rings is 1. The third-order valence-electron chi connectivity index (χ3n) is 5.19. The second-order valence-corrected chi connectivity index (χ2v) is 8.37. The van der Waals surface area contributed by atoms with Gasteiger partial charge in [0, 0.05) is 43.3 Å². The van der Waals surface area contributed by atoms with E-state index in [9.17, 15) is 9.18 Å². The van der Waals surface area contributed by atoms with Gasteiger partial charge in [0.15, 0.2) is 11.6 Å². The van der Waals surface area contributed by atoms with Gasteiger partial charge in [-0.2, -0.15) is 0 Å². The van der Waals surface area contributed by atoms with Crippen molar-refractivity contribution in [2.24, 2.45) is 21.5 Å². The molecule has 11 heteroatoms. The van der Waals surface area contributed by atoms with E-state index < -0.39 is 11.6 Å². The van der Waals surface area contributed by atoms with Gasteiger partial charge in [0.1, 0.15) is 11.7 Å². The predicted molar refractivity (Wildman–Crippen MR) is 131 cm³/mol. The molecule has 2 atom stereocenters. The summed E-state index contributed by atoms with van der Waals surface area (Å²) < 4.78 is 29.7. The van der Waals surface area contributed by atoms with Gasteiger partial charge in [-0.3, -0.25) is 4.79 Å². The number of hydrogen-bond acceptors (Lipinski definition) is 6. The van der Waals surface area contributed by atoms with Crippen molar-refractivity contribution in [1.82, 2.24) is 10.3 Å². The predicted octanol–water partition coefficient (Wildman–Crippen LogP) is 2.94. The van der Waals surface area contributed by atoms with Crippen LogP contribution in [0.2, 0.25) is 0 Å². The van der Waals surface area contributed by atoms with Crippen LogP contribution in [0.1, 0.15) is 39.7 Å². The second-order valence-electron chi connectivity index (χ2n) is 8.37. The fraction of sp³-hybridized carbons (Fsp3) is 0.391. The van der Waals surface area contributed by atoms with Gasteiger partial charge in [0.05, 0.1) is 29.0 Å². The maximum atomic E-state index is 15.4. The van der Waals surface area contributed by atoms with E-state index in [-0.39, 0.29) is 58.8 Å². The molecule has 6 N–H and O–H groups in total. The van der Waals surface area contributed by atoms with E-state index in [2.05, 4.69) is 39.4 Å². The monoisotopic (exact) mass is 472 g/mol. The van der Waals surface area contributed by atoms with Crippen LogP contribution in [-0.2, 0) is 4.79 Å². The second kappa shape index (κ2) is 10.6. The molecule has 0 spiro atoms. The van der Waals surface area contributed by atoms with Crippen LogP contribution in [-0.4, -0.2) is 47.7 Å². The number of nitrogens with one attached hydrogen (secondary N) is 2. The summed E-state index contributed by atoms with van der Waals surface area (Å²) in [6.45, 7) is 8.65. The first-order chi connectivity index (χ1) is 16.1. The van der Waals surface area contributed by atoms with Gasteiger partial charge in [-0.1, -0.05) is 6.92 Å². The molecule has 1 fully saturated rings. The minimum absolute atomic E-state index is 0.0598. The molecule has 1 aliphatic heterocycles. The van der Waals surface area contributed by atoms with Crippen molar-refractivity contribution in [3.63, 3.8) is 0 Å². The lowest BCUT2D eigenvalue weighted by Gasteiger charge is -2.38. The normalized spacial score (nSPS) is 19.3. The van der Waals surface area contributed by atoms with Crippen LogP contribution >= 0.6 is 0 Å². The molecule has 1 aliphatic rings. The van der Waals surface area contributed by atoms with E-state index in [1.54, 1.807) is 13.0 Å². The van der Waals surface area contributed by atoms with Crippen molar-refractivity contribution in [1.29, 1.82) is 0 Å². The summed E-state index contributed by atoms with van der Waals surface area (Å²) in [5.41, 5.74) is 12.4. The lowest BCUT2D eigenvalue weighted by Crippen LogP contribution is -2.54. The highest BCUT2D eigenvalue weighted by atomic mass is 19.1. The maximum Gasteiger partial charge on any atom is 0.224 e. The summed E-state index contributed by atoms with van der Waals surface area (Å²) in [5.74, 6) is -1.99. The zero-order chi connectivity index (χ0) is 25.0. The standard InChI is InChI=1S/C23H30F2N8O/c1-5-20(34)32-19-8-16(33-10-12(2)29-13(3)11-33)7-17(24)21(19)22(27)31-15-6-18(25)23(28-9-15)30-14(4)26/h6-9,12-13,29H,5,10-11H2,1-4H3,(H2,27,31)(H,32,34)(H2,26,28,30). The third kappa shape index (κ3) is 6.04. The summed E-state index contributed by atoms with van der Waals surface area (Å²) in [6.07, 6.45) is 1.44. The lowest BCUT2D eigenvalue weighted by atomic mass is 10.1. The molecule has 2 aromatic rings. The van der Waals surface area contributed by atoms with Crippen LogP contribution in [0.3, 0.4) is 0 Å². The minimum atomic E-state index is -0.754. The molecule has 0 saturated carbocycles. The van der Waals surface area contributed by atoms with Crippen LogP contribution in [0.5, 0.6) is 0 Å². The number of aliphatic imine (C=N–C) groups is 2. The van der Waals surface area contributed by atoms with E-state index in [4.69, 9.17) is 11.5 Å². The van der Waals surface area contributed by atoms with Crippen molar-refractivity contribution in [2.45, 2.75) is 46.2 Å². The number of amidine groups is 2. The highest BCUT2D eigenvalue weighted by Gasteiger charge is 2.24. The summed E-state index contributed by atoms with van der Waals surface area (Å²) >= 11 is 0. The van der Waals surface area contributed by atoms with Crippen molar-refractivity contribution < 1.29 is 13.6 Å². The number of nitrogens with two attached hydrogens (primary N) is 2. The Balaban J connectivity index is 2.03. The SMILES string of the molecule is CCC(=O)Nc1cc(N2CC(C)NC(C)C2)cc(F)c1C(N)=Nc1cnc(/N=C(/C)N)c(F)c1. The molecule has 1 aromatic heterocycles. The number of aromatic nitrogens is 1. The van der Waals surface area contributed by atoms with Crippen LogP contribution in [0.4, 0.5) is 31.7 Å². The quantitative estimate of drug-likeness (QED) is 0.377. The van der Waals surface area contributed by atoms with Gasteiger partial charge < -0.3 is 27.0 Å². The van der Waals surface area contributed by atoms with Crippen molar-refractivity contribution >= 4 is 40.5 Å². The van der Waals surface area contributed by atoms with Gasteiger partial charge in [-0.05, 0) is 32.9 Å². The molecular weight excluding hydrogens is 442 g/mol. The fourth-order valence-corrected chi connectivity index (χ4v) is 3.84. The Bertz CT molecular complexity index is 1120. The van der Waals surface area contributed by atoms with E-state index in [1.165, 1.54) is 19.2 Å². The number of amides is 1. The van der Waals surface area contributed by atoms with Crippen LogP contribution in [0.25, 0.3) is 0 Å². The molecule has 9 nitrogen and oxygen atoms in total. The third-order valence-corrected chi connectivity index (χ3v) is 5.19. The Morgan fingerprint density at radius 2 is 1.85 bits per heavy atom. The topological polar surface area (TPSA) is 134 Å². The van der Waals surface area contributed by atoms with Crippen molar-refractivity contribution in [3.05, 3.63) is 41.6 Å². The first-order valence-electron chi connectivity index (χ1n) is 11.0. The molecular formula is C23H30F2N8O. The van der Waals surface area contributed by atoms with Crippen LogP contribution in [0.15, 0.2) is 34.4 Å². The molecule has 3 rings (SSSR count). The number of nitrogens with zero attached hydrogens (tertiary/aromatic N) is 4. The van der Waals surface area contributed by atoms with E-state index in [1.807, 2.05) is 4.90 Å². The average molecular weight is 473 g/mol. The number of hydrogen-bond donors (Lipinski definition) is 4. The Hall–Kier alpha value is -3.60. The number of piperazine rings is 1. The highest BCUT2D eigenvalue weighted by molar-refractivity contribution is 6.07. The number of rotatable bonds is 6. The van der Waals surface area contributed by atoms with E-state index in [0.29, 0.717) is 18.8 Å². The fourth-order valence-electron chi connectivity index (χ4n) is 3.84. The zero-order valence-corrected chi connectivity index (χ0v) is 19.7. The summed E-state index contributed by atoms with van der Waals surface area (Å²) in [5, 5.41) is 6.14. The molecule has 2 heterocycles.